The van der Waals surface area contributed by atoms with E-state index in [0.717, 1.165) is 38.7 Å². The maximum atomic E-state index is 9.86. The number of aromatic nitrogens is 2. The summed E-state index contributed by atoms with van der Waals surface area (Å²) in [5, 5.41) is 26.9. The minimum absolute atomic E-state index is 0.504. The SMILES string of the molecule is N#Cc1cccc(C#N)c1-c1ccc2sc3ccc(-n4c5ccccc5c5cc(-n6c7ccccc7c7ccccc76)ccc54)cc3c2c1. The number of fused-ring (bicyclic) bond motifs is 9. The summed E-state index contributed by atoms with van der Waals surface area (Å²) in [5.74, 6) is 0. The molecule has 0 fully saturated rings. The van der Waals surface area contributed by atoms with Crippen LogP contribution in [0.1, 0.15) is 11.1 Å². The molecule has 0 saturated heterocycles. The molecule has 0 unspecified atom stereocenters. The van der Waals surface area contributed by atoms with Gasteiger partial charge in [0, 0.05) is 58.7 Å². The number of thiophene rings is 1. The van der Waals surface area contributed by atoms with E-state index in [0.29, 0.717) is 16.7 Å². The Morgan fingerprint density at radius 2 is 0.878 bits per heavy atom. The van der Waals surface area contributed by atoms with Crippen LogP contribution in [0.5, 0.6) is 0 Å². The molecule has 10 rings (SSSR count). The summed E-state index contributed by atoms with van der Waals surface area (Å²) in [7, 11) is 0. The fourth-order valence-corrected chi connectivity index (χ4v) is 8.76. The molecule has 226 valence electrons. The highest BCUT2D eigenvalue weighted by molar-refractivity contribution is 7.25. The third kappa shape index (κ3) is 3.95. The van der Waals surface area contributed by atoms with Gasteiger partial charge in [0.1, 0.15) is 0 Å². The van der Waals surface area contributed by atoms with E-state index in [1.54, 1.807) is 29.5 Å². The minimum Gasteiger partial charge on any atom is -0.309 e. The van der Waals surface area contributed by atoms with Crippen molar-refractivity contribution < 1.29 is 0 Å². The van der Waals surface area contributed by atoms with Crippen LogP contribution in [-0.4, -0.2) is 9.13 Å². The number of hydrogen-bond donors (Lipinski definition) is 0. The lowest BCUT2D eigenvalue weighted by Crippen LogP contribution is -1.95. The molecule has 0 spiro atoms. The number of nitriles is 2. The molecule has 0 aliphatic rings. The van der Waals surface area contributed by atoms with Gasteiger partial charge in [-0.05, 0) is 84.4 Å². The Hall–Kier alpha value is -6.66. The predicted molar refractivity (Wildman–Crippen MR) is 203 cm³/mol. The Morgan fingerprint density at radius 3 is 1.47 bits per heavy atom. The molecule has 3 heterocycles. The maximum Gasteiger partial charge on any atom is 0.0998 e. The van der Waals surface area contributed by atoms with Gasteiger partial charge >= 0.3 is 0 Å². The average Bonchev–Trinajstić information content (AvgIpc) is 3.81. The summed E-state index contributed by atoms with van der Waals surface area (Å²) < 4.78 is 7.10. The summed E-state index contributed by atoms with van der Waals surface area (Å²) in [5.41, 5.74) is 9.48. The third-order valence-electron chi connectivity index (χ3n) is 9.80. The fraction of sp³-hybridized carbons (Fsp3) is 0. The van der Waals surface area contributed by atoms with Crippen LogP contribution >= 0.6 is 11.3 Å². The Balaban J connectivity index is 1.19. The zero-order valence-electron chi connectivity index (χ0n) is 26.1. The van der Waals surface area contributed by atoms with Gasteiger partial charge in [0.25, 0.3) is 0 Å². The highest BCUT2D eigenvalue weighted by atomic mass is 32.1. The van der Waals surface area contributed by atoms with Crippen LogP contribution in [0.2, 0.25) is 0 Å². The van der Waals surface area contributed by atoms with Gasteiger partial charge in [0.05, 0.1) is 45.3 Å². The summed E-state index contributed by atoms with van der Waals surface area (Å²) in [6.45, 7) is 0. The summed E-state index contributed by atoms with van der Waals surface area (Å²) >= 11 is 1.76. The number of para-hydroxylation sites is 3. The number of rotatable bonds is 3. The molecule has 0 bridgehead atoms. The Morgan fingerprint density at radius 1 is 0.408 bits per heavy atom. The highest BCUT2D eigenvalue weighted by Gasteiger charge is 2.18. The molecule has 0 amide bonds. The first-order valence-corrected chi connectivity index (χ1v) is 17.0. The molecule has 10 aromatic rings. The smallest absolute Gasteiger partial charge is 0.0998 e. The number of nitrogens with zero attached hydrogens (tertiary/aromatic N) is 4. The first-order valence-electron chi connectivity index (χ1n) is 16.1. The van der Waals surface area contributed by atoms with Crippen LogP contribution in [0.25, 0.3) is 86.3 Å². The van der Waals surface area contributed by atoms with Crippen molar-refractivity contribution in [3.05, 3.63) is 157 Å². The van der Waals surface area contributed by atoms with Crippen LogP contribution in [-0.2, 0) is 0 Å². The Labute approximate surface area is 285 Å². The molecule has 7 aromatic carbocycles. The van der Waals surface area contributed by atoms with E-state index in [9.17, 15) is 10.5 Å². The van der Waals surface area contributed by atoms with E-state index in [2.05, 4.69) is 143 Å². The largest absolute Gasteiger partial charge is 0.309 e. The molecule has 0 N–H and O–H groups in total. The van der Waals surface area contributed by atoms with Crippen molar-refractivity contribution >= 4 is 75.1 Å². The van der Waals surface area contributed by atoms with Gasteiger partial charge in [0.15, 0.2) is 0 Å². The lowest BCUT2D eigenvalue weighted by Gasteiger charge is -2.11. The van der Waals surface area contributed by atoms with Crippen molar-refractivity contribution in [3.8, 4) is 34.6 Å². The van der Waals surface area contributed by atoms with E-state index < -0.39 is 0 Å². The first-order chi connectivity index (χ1) is 24.2. The van der Waals surface area contributed by atoms with E-state index in [1.807, 2.05) is 6.07 Å². The minimum atomic E-state index is 0.504. The molecule has 4 nitrogen and oxygen atoms in total. The standard InChI is InChI=1S/C44H24N4S/c45-25-28-8-7-9-29(26-46)44(28)27-16-20-42-36(22-27)37-24-31(18-21-43(37)49-42)48-40-15-6-3-12-34(40)35-23-30(17-19-41(35)48)47-38-13-4-1-10-32(38)33-11-2-5-14-39(33)47/h1-24H. The van der Waals surface area contributed by atoms with E-state index in [4.69, 9.17) is 0 Å². The van der Waals surface area contributed by atoms with Crippen LogP contribution in [0.3, 0.4) is 0 Å². The zero-order valence-corrected chi connectivity index (χ0v) is 26.9. The Bertz CT molecular complexity index is 3000. The second-order valence-electron chi connectivity index (χ2n) is 12.4. The van der Waals surface area contributed by atoms with E-state index in [1.165, 1.54) is 42.0 Å². The molecular weight excluding hydrogens is 617 g/mol. The van der Waals surface area contributed by atoms with Crippen molar-refractivity contribution in [1.82, 2.24) is 9.13 Å². The van der Waals surface area contributed by atoms with Crippen molar-refractivity contribution in [2.45, 2.75) is 0 Å². The number of benzene rings is 7. The molecule has 0 atom stereocenters. The molecule has 0 saturated carbocycles. The second-order valence-corrected chi connectivity index (χ2v) is 13.5. The second kappa shape index (κ2) is 10.4. The molecule has 5 heteroatoms. The maximum absolute atomic E-state index is 9.86. The van der Waals surface area contributed by atoms with Gasteiger partial charge in [-0.1, -0.05) is 66.7 Å². The van der Waals surface area contributed by atoms with Crippen molar-refractivity contribution in [1.29, 1.82) is 10.5 Å². The normalized spacial score (nSPS) is 11.6. The summed E-state index contributed by atoms with van der Waals surface area (Å²) in [4.78, 5) is 0. The van der Waals surface area contributed by atoms with Crippen molar-refractivity contribution in [3.63, 3.8) is 0 Å². The number of hydrogen-bond acceptors (Lipinski definition) is 3. The van der Waals surface area contributed by atoms with Gasteiger partial charge < -0.3 is 9.13 Å². The lowest BCUT2D eigenvalue weighted by atomic mass is 9.94. The third-order valence-corrected chi connectivity index (χ3v) is 11.0. The fourth-order valence-electron chi connectivity index (χ4n) is 7.69. The summed E-state index contributed by atoms with van der Waals surface area (Å²) in [6, 6.07) is 55.6. The van der Waals surface area contributed by atoms with Crippen molar-refractivity contribution in [2.75, 3.05) is 0 Å². The zero-order chi connectivity index (χ0) is 32.6. The highest BCUT2D eigenvalue weighted by Crippen LogP contribution is 2.41. The molecule has 0 aliphatic carbocycles. The van der Waals surface area contributed by atoms with Gasteiger partial charge in [0.2, 0.25) is 0 Å². The van der Waals surface area contributed by atoms with Crippen LogP contribution < -0.4 is 0 Å². The molecular formula is C44H24N4S. The van der Waals surface area contributed by atoms with Gasteiger partial charge in [-0.2, -0.15) is 10.5 Å². The molecule has 3 aromatic heterocycles. The van der Waals surface area contributed by atoms with Gasteiger partial charge in [-0.25, -0.2) is 0 Å². The average molecular weight is 641 g/mol. The molecule has 0 radical (unpaired) electrons. The Kier molecular flexibility index (Phi) is 5.84. The monoisotopic (exact) mass is 640 g/mol. The molecule has 0 aliphatic heterocycles. The lowest BCUT2D eigenvalue weighted by molar-refractivity contribution is 1.17. The quantitative estimate of drug-likeness (QED) is 0.193. The van der Waals surface area contributed by atoms with Gasteiger partial charge in [-0.15, -0.1) is 11.3 Å². The topological polar surface area (TPSA) is 57.4 Å². The van der Waals surface area contributed by atoms with E-state index in [-0.39, 0.29) is 0 Å². The van der Waals surface area contributed by atoms with E-state index >= 15 is 0 Å². The summed E-state index contributed by atoms with van der Waals surface area (Å²) in [6.07, 6.45) is 0. The van der Waals surface area contributed by atoms with Crippen LogP contribution in [0.4, 0.5) is 0 Å². The van der Waals surface area contributed by atoms with Crippen molar-refractivity contribution in [2.24, 2.45) is 0 Å². The predicted octanol–water partition coefficient (Wildman–Crippen LogP) is 11.7. The first kappa shape index (κ1) is 27.5. The van der Waals surface area contributed by atoms with Crippen LogP contribution in [0.15, 0.2) is 146 Å². The van der Waals surface area contributed by atoms with Gasteiger partial charge in [-0.3, -0.25) is 0 Å². The molecule has 49 heavy (non-hydrogen) atoms. The van der Waals surface area contributed by atoms with Crippen LogP contribution in [0, 0.1) is 22.7 Å².